The van der Waals surface area contributed by atoms with Crippen LogP contribution in [0.15, 0.2) is 72.1 Å². The van der Waals surface area contributed by atoms with Crippen molar-refractivity contribution in [1.82, 2.24) is 0 Å². The summed E-state index contributed by atoms with van der Waals surface area (Å²) in [6.07, 6.45) is -10.2. The van der Waals surface area contributed by atoms with Gasteiger partial charge in [0.15, 0.2) is 0 Å². The van der Waals surface area contributed by atoms with Crippen LogP contribution in [0, 0.1) is 67.6 Å². The predicted octanol–water partition coefficient (Wildman–Crippen LogP) is 11.1. The van der Waals surface area contributed by atoms with Gasteiger partial charge in [0.05, 0.1) is 37.4 Å². The highest BCUT2D eigenvalue weighted by Crippen LogP contribution is 2.60. The summed E-state index contributed by atoms with van der Waals surface area (Å²) in [7, 11) is 0. The number of halogens is 6. The number of fused-ring (bicyclic) bond motifs is 4. The summed E-state index contributed by atoms with van der Waals surface area (Å²) < 4.78 is 88.2. The van der Waals surface area contributed by atoms with Crippen molar-refractivity contribution in [2.75, 3.05) is 0 Å². The molecule has 0 saturated heterocycles. The van der Waals surface area contributed by atoms with Gasteiger partial charge in [-0.2, -0.15) is 5.26 Å². The number of rotatable bonds is 4. The number of hydrogen-bond donors (Lipinski definition) is 0. The molecule has 14 heteroatoms. The van der Waals surface area contributed by atoms with E-state index in [9.17, 15) is 42.1 Å². The summed E-state index contributed by atoms with van der Waals surface area (Å²) in [6.45, 7) is 25.9. The normalized spacial score (nSPS) is 14.6. The molecular formula is C40H16F6N6O2. The van der Waals surface area contributed by atoms with Crippen LogP contribution in [-0.2, 0) is 0 Å². The molecule has 2 aliphatic carbocycles. The highest BCUT2D eigenvalue weighted by atomic mass is 19.4. The number of alkyl halides is 6. The Balaban J connectivity index is 1.65. The monoisotopic (exact) mass is 726 g/mol. The predicted molar refractivity (Wildman–Crippen MR) is 183 cm³/mol. The number of benzene rings is 4. The van der Waals surface area contributed by atoms with E-state index in [1.54, 1.807) is 24.3 Å². The maximum absolute atomic E-state index is 13.3. The Kier molecular flexibility index (Phi) is 8.73. The van der Waals surface area contributed by atoms with Gasteiger partial charge in [-0.15, -0.1) is 26.3 Å². The van der Waals surface area contributed by atoms with Crippen molar-refractivity contribution in [3.05, 3.63) is 145 Å². The summed E-state index contributed by atoms with van der Waals surface area (Å²) in [6, 6.07) is 19.8. The van der Waals surface area contributed by atoms with Crippen molar-refractivity contribution in [2.45, 2.75) is 26.6 Å². The number of nitriles is 3. The molecule has 0 bridgehead atoms. The first kappa shape index (κ1) is 36.0. The molecule has 0 spiro atoms. The Morgan fingerprint density at radius 1 is 0.593 bits per heavy atom. The molecular weight excluding hydrogens is 710 g/mol. The first-order valence-corrected chi connectivity index (χ1v) is 15.2. The van der Waals surface area contributed by atoms with E-state index in [-0.39, 0.29) is 67.2 Å². The van der Waals surface area contributed by atoms with Gasteiger partial charge >= 0.3 is 12.7 Å². The Bertz CT molecular complexity index is 2510. The molecule has 8 nitrogen and oxygen atoms in total. The molecule has 54 heavy (non-hydrogen) atoms. The van der Waals surface area contributed by atoms with Gasteiger partial charge < -0.3 is 9.47 Å². The van der Waals surface area contributed by atoms with Gasteiger partial charge in [0.1, 0.15) is 17.6 Å². The number of aryl methyl sites for hydroxylation is 2. The summed E-state index contributed by atoms with van der Waals surface area (Å²) in [4.78, 5) is 10.1. The summed E-state index contributed by atoms with van der Waals surface area (Å²) in [5, 5.41) is 29.7. The number of ether oxygens (including phenoxy) is 2. The first-order valence-electron chi connectivity index (χ1n) is 15.2. The highest BCUT2D eigenvalue weighted by Gasteiger charge is 2.40. The van der Waals surface area contributed by atoms with E-state index in [1.807, 2.05) is 12.1 Å². The molecule has 0 amide bonds. The fourth-order valence-corrected chi connectivity index (χ4v) is 6.65. The van der Waals surface area contributed by atoms with Crippen LogP contribution < -0.4 is 9.47 Å². The zero-order chi connectivity index (χ0) is 39.3. The van der Waals surface area contributed by atoms with Gasteiger partial charge in [-0.3, -0.25) is 0 Å². The van der Waals surface area contributed by atoms with E-state index in [0.29, 0.717) is 33.4 Å². The maximum Gasteiger partial charge on any atom is 0.573 e. The molecule has 260 valence electrons. The van der Waals surface area contributed by atoms with Crippen LogP contribution in [-0.4, -0.2) is 12.7 Å². The van der Waals surface area contributed by atoms with Crippen molar-refractivity contribution in [3.63, 3.8) is 0 Å². The number of nitrogens with zero attached hydrogens (tertiary/aromatic N) is 6. The summed E-state index contributed by atoms with van der Waals surface area (Å²) in [5.74, 6) is -1.46. The van der Waals surface area contributed by atoms with E-state index in [1.165, 1.54) is 44.2 Å². The molecule has 0 atom stereocenters. The van der Waals surface area contributed by atoms with Gasteiger partial charge in [0.2, 0.25) is 5.69 Å². The van der Waals surface area contributed by atoms with Crippen LogP contribution >= 0.6 is 0 Å². The van der Waals surface area contributed by atoms with Crippen molar-refractivity contribution in [2.24, 2.45) is 0 Å². The van der Waals surface area contributed by atoms with Gasteiger partial charge in [-0.1, -0.05) is 30.3 Å². The van der Waals surface area contributed by atoms with Crippen LogP contribution in [0.2, 0.25) is 0 Å². The molecule has 0 unspecified atom stereocenters. The molecule has 2 aliphatic rings. The second-order valence-corrected chi connectivity index (χ2v) is 11.8. The molecule has 0 heterocycles. The van der Waals surface area contributed by atoms with Crippen molar-refractivity contribution in [3.8, 4) is 52.0 Å². The lowest BCUT2D eigenvalue weighted by Gasteiger charge is -2.17. The molecule has 0 N–H and O–H groups in total. The van der Waals surface area contributed by atoms with Gasteiger partial charge in [0.25, 0.3) is 11.4 Å². The fraction of sp³-hybridized carbons (Fsp3) is 0.100. The van der Waals surface area contributed by atoms with E-state index in [4.69, 9.17) is 19.7 Å². The van der Waals surface area contributed by atoms with Crippen molar-refractivity contribution >= 4 is 28.0 Å². The third-order valence-corrected chi connectivity index (χ3v) is 8.68. The quantitative estimate of drug-likeness (QED) is 0.118. The van der Waals surface area contributed by atoms with E-state index >= 15 is 0 Å². The molecule has 0 saturated carbocycles. The highest BCUT2D eigenvalue weighted by molar-refractivity contribution is 6.37. The lowest BCUT2D eigenvalue weighted by molar-refractivity contribution is -0.275. The molecule has 4 aromatic carbocycles. The van der Waals surface area contributed by atoms with Crippen molar-refractivity contribution < 1.29 is 35.8 Å². The second kappa shape index (κ2) is 13.1. The Morgan fingerprint density at radius 3 is 1.44 bits per heavy atom. The van der Waals surface area contributed by atoms with E-state index in [0.717, 1.165) is 12.1 Å². The zero-order valence-electron chi connectivity index (χ0n) is 27.5. The van der Waals surface area contributed by atoms with Crippen LogP contribution in [0.25, 0.3) is 59.1 Å². The van der Waals surface area contributed by atoms with Gasteiger partial charge in [-0.25, -0.2) is 25.1 Å². The maximum atomic E-state index is 13.3. The largest absolute Gasteiger partial charge is 0.573 e. The van der Waals surface area contributed by atoms with E-state index in [2.05, 4.69) is 24.0 Å². The Morgan fingerprint density at radius 2 is 1.04 bits per heavy atom. The van der Waals surface area contributed by atoms with Crippen LogP contribution in [0.4, 0.5) is 32.0 Å². The van der Waals surface area contributed by atoms with Crippen LogP contribution in [0.1, 0.15) is 38.9 Å². The average molecular weight is 727 g/mol. The average Bonchev–Trinajstić information content (AvgIpc) is 3.60. The third kappa shape index (κ3) is 6.12. The SMILES string of the molecule is [C-]#[N+]/C(C#N)=C1C2=C(/C(=C(\C#N)[N+]#[C-])c3ccc(-c4cc(C)c([N+]#[C-])c(OC(F)(F)F)c4)cc32)c2cc(-c3cc(C)c(C#N)c(OC(F)(F)F)c3)ccc2\1. The minimum absolute atomic E-state index is 0.137. The minimum atomic E-state index is -5.10. The van der Waals surface area contributed by atoms with Gasteiger partial charge in [-0.05, 0) is 111 Å². The minimum Gasteiger partial charge on any atom is -0.418 e. The third-order valence-electron chi connectivity index (χ3n) is 8.68. The molecule has 0 radical (unpaired) electrons. The Hall–Kier alpha value is -7.78. The van der Waals surface area contributed by atoms with Crippen molar-refractivity contribution in [1.29, 1.82) is 15.8 Å². The van der Waals surface area contributed by atoms with Crippen LogP contribution in [0.3, 0.4) is 0 Å². The standard InChI is InChI=1S/C40H16F6N6O2/c1-19-10-23(14-32(29(19)16-47)53-39(41,42)43)21-6-8-25-27(12-21)36-35(31(18-49)51-4)26-9-7-22(13-28(26)37(36)34(25)30(17-48)50-3)24-11-20(2)38(52-5)33(15-24)54-40(44,45)46/h6-15H,1-2H3/b34-30-,35-31+. The fourth-order valence-electron chi connectivity index (χ4n) is 6.65. The van der Waals surface area contributed by atoms with Gasteiger partial charge in [0, 0.05) is 11.1 Å². The van der Waals surface area contributed by atoms with Crippen LogP contribution in [0.5, 0.6) is 11.5 Å². The van der Waals surface area contributed by atoms with E-state index < -0.39 is 24.2 Å². The lowest BCUT2D eigenvalue weighted by atomic mass is 9.88. The molecule has 6 rings (SSSR count). The number of hydrogen-bond acceptors (Lipinski definition) is 5. The topological polar surface area (TPSA) is 103 Å². The number of allylic oxidation sites excluding steroid dienone is 6. The summed E-state index contributed by atoms with van der Waals surface area (Å²) in [5.41, 5.74) is 2.21. The zero-order valence-corrected chi connectivity index (χ0v) is 27.5. The smallest absolute Gasteiger partial charge is 0.418 e. The molecule has 0 aromatic heterocycles. The summed E-state index contributed by atoms with van der Waals surface area (Å²) >= 11 is 0. The molecule has 0 aliphatic heterocycles. The molecule has 4 aromatic rings. The second-order valence-electron chi connectivity index (χ2n) is 11.8. The lowest BCUT2D eigenvalue weighted by Crippen LogP contribution is -2.18. The molecule has 0 fully saturated rings. The Labute approximate surface area is 303 Å². The first-order chi connectivity index (χ1) is 25.6.